The Morgan fingerprint density at radius 2 is 1.83 bits per heavy atom. The second-order valence-corrected chi connectivity index (χ2v) is 6.39. The van der Waals surface area contributed by atoms with E-state index in [0.29, 0.717) is 16.1 Å². The van der Waals surface area contributed by atoms with Crippen LogP contribution in [0.4, 0.5) is 5.69 Å². The van der Waals surface area contributed by atoms with Gasteiger partial charge in [-0.1, -0.05) is 49.9 Å². The van der Waals surface area contributed by atoms with Crippen LogP contribution < -0.4 is 5.32 Å². The summed E-state index contributed by atoms with van der Waals surface area (Å²) in [7, 11) is 0. The van der Waals surface area contributed by atoms with Gasteiger partial charge < -0.3 is 5.32 Å². The standard InChI is InChI=1S/C15H21Cl2N/c1-10(2)12-5-3-4-6-15(12)18-11-7-8-13(16)14(17)9-11/h7-10,12,15,18H,3-6H2,1-2H3. The SMILES string of the molecule is CC(C)C1CCCCC1Nc1ccc(Cl)c(Cl)c1. The molecule has 1 aromatic carbocycles. The van der Waals surface area contributed by atoms with Crippen molar-refractivity contribution in [3.63, 3.8) is 0 Å². The smallest absolute Gasteiger partial charge is 0.0612 e. The van der Waals surface area contributed by atoms with Gasteiger partial charge in [-0.05, 0) is 42.9 Å². The minimum Gasteiger partial charge on any atom is -0.382 e. The maximum Gasteiger partial charge on any atom is 0.0612 e. The second-order valence-electron chi connectivity index (χ2n) is 5.57. The summed E-state index contributed by atoms with van der Waals surface area (Å²) in [6.07, 6.45) is 5.27. The first-order valence-corrected chi connectivity index (χ1v) is 7.55. The molecule has 1 saturated carbocycles. The van der Waals surface area contributed by atoms with Crippen LogP contribution in [-0.4, -0.2) is 6.04 Å². The van der Waals surface area contributed by atoms with Crippen LogP contribution in [0.5, 0.6) is 0 Å². The van der Waals surface area contributed by atoms with Gasteiger partial charge in [0.2, 0.25) is 0 Å². The topological polar surface area (TPSA) is 12.0 Å². The molecule has 18 heavy (non-hydrogen) atoms. The van der Waals surface area contributed by atoms with E-state index >= 15 is 0 Å². The van der Waals surface area contributed by atoms with Crippen LogP contribution in [0.25, 0.3) is 0 Å². The summed E-state index contributed by atoms with van der Waals surface area (Å²) >= 11 is 12.0. The van der Waals surface area contributed by atoms with E-state index in [1.165, 1.54) is 25.7 Å². The van der Waals surface area contributed by atoms with Gasteiger partial charge in [0.25, 0.3) is 0 Å². The summed E-state index contributed by atoms with van der Waals surface area (Å²) in [6.45, 7) is 4.64. The van der Waals surface area contributed by atoms with Crippen molar-refractivity contribution in [3.05, 3.63) is 28.2 Å². The summed E-state index contributed by atoms with van der Waals surface area (Å²) in [5.74, 6) is 1.48. The second kappa shape index (κ2) is 6.16. The van der Waals surface area contributed by atoms with Gasteiger partial charge in [0.15, 0.2) is 0 Å². The van der Waals surface area contributed by atoms with Crippen LogP contribution >= 0.6 is 23.2 Å². The van der Waals surface area contributed by atoms with E-state index in [1.54, 1.807) is 0 Å². The third kappa shape index (κ3) is 3.33. The van der Waals surface area contributed by atoms with Gasteiger partial charge >= 0.3 is 0 Å². The van der Waals surface area contributed by atoms with E-state index < -0.39 is 0 Å². The molecule has 0 saturated heterocycles. The minimum atomic E-state index is 0.566. The maximum atomic E-state index is 6.06. The number of halogens is 2. The van der Waals surface area contributed by atoms with Crippen LogP contribution in [0.3, 0.4) is 0 Å². The zero-order valence-corrected chi connectivity index (χ0v) is 12.6. The highest BCUT2D eigenvalue weighted by Crippen LogP contribution is 2.33. The summed E-state index contributed by atoms with van der Waals surface area (Å²) in [5.41, 5.74) is 1.09. The number of hydrogen-bond donors (Lipinski definition) is 1. The number of benzene rings is 1. The molecule has 3 heteroatoms. The van der Waals surface area contributed by atoms with Crippen LogP contribution in [0, 0.1) is 11.8 Å². The van der Waals surface area contributed by atoms with Crippen LogP contribution in [0.2, 0.25) is 10.0 Å². The third-order valence-electron chi connectivity index (χ3n) is 3.95. The molecule has 0 aromatic heterocycles. The molecule has 0 amide bonds. The van der Waals surface area contributed by atoms with E-state index in [1.807, 2.05) is 18.2 Å². The quantitative estimate of drug-likeness (QED) is 0.760. The van der Waals surface area contributed by atoms with Crippen molar-refractivity contribution < 1.29 is 0 Å². The lowest BCUT2D eigenvalue weighted by Gasteiger charge is -2.35. The Labute approximate surface area is 120 Å². The predicted octanol–water partition coefficient (Wildman–Crippen LogP) is 5.62. The first-order valence-electron chi connectivity index (χ1n) is 6.79. The fourth-order valence-electron chi connectivity index (χ4n) is 2.94. The van der Waals surface area contributed by atoms with E-state index in [4.69, 9.17) is 23.2 Å². The molecule has 0 aliphatic heterocycles. The molecule has 0 spiro atoms. The van der Waals surface area contributed by atoms with E-state index in [9.17, 15) is 0 Å². The average Bonchev–Trinajstić information content (AvgIpc) is 2.34. The minimum absolute atomic E-state index is 0.566. The first-order chi connectivity index (χ1) is 8.58. The highest BCUT2D eigenvalue weighted by Gasteiger charge is 2.27. The monoisotopic (exact) mass is 285 g/mol. The van der Waals surface area contributed by atoms with E-state index in [-0.39, 0.29) is 0 Å². The van der Waals surface area contributed by atoms with Crippen molar-refractivity contribution in [1.82, 2.24) is 0 Å². The summed E-state index contributed by atoms with van der Waals surface area (Å²) in [5, 5.41) is 4.88. The molecule has 0 heterocycles. The zero-order chi connectivity index (χ0) is 13.1. The molecule has 1 fully saturated rings. The molecule has 2 rings (SSSR count). The Hall–Kier alpha value is -0.400. The highest BCUT2D eigenvalue weighted by molar-refractivity contribution is 6.42. The van der Waals surface area contributed by atoms with Crippen molar-refractivity contribution in [2.75, 3.05) is 5.32 Å². The zero-order valence-electron chi connectivity index (χ0n) is 11.0. The fourth-order valence-corrected chi connectivity index (χ4v) is 3.23. The van der Waals surface area contributed by atoms with Crippen LogP contribution in [0.15, 0.2) is 18.2 Å². The van der Waals surface area contributed by atoms with Crippen molar-refractivity contribution in [2.45, 2.75) is 45.6 Å². The maximum absolute atomic E-state index is 6.06. The first kappa shape index (κ1) is 14.0. The molecule has 0 bridgehead atoms. The normalized spacial score (nSPS) is 24.3. The highest BCUT2D eigenvalue weighted by atomic mass is 35.5. The molecule has 100 valence electrons. The lowest BCUT2D eigenvalue weighted by molar-refractivity contribution is 0.254. The Bertz CT molecular complexity index is 403. The Morgan fingerprint density at radius 1 is 1.11 bits per heavy atom. The summed E-state index contributed by atoms with van der Waals surface area (Å²) < 4.78 is 0. The fraction of sp³-hybridized carbons (Fsp3) is 0.600. The van der Waals surface area contributed by atoms with Crippen molar-refractivity contribution in [3.8, 4) is 0 Å². The van der Waals surface area contributed by atoms with Crippen LogP contribution in [-0.2, 0) is 0 Å². The molecular formula is C15H21Cl2N. The summed E-state index contributed by atoms with van der Waals surface area (Å²) in [4.78, 5) is 0. The summed E-state index contributed by atoms with van der Waals surface area (Å²) in [6, 6.07) is 6.37. The lowest BCUT2D eigenvalue weighted by Crippen LogP contribution is -2.35. The molecule has 1 aliphatic rings. The van der Waals surface area contributed by atoms with Gasteiger partial charge in [-0.3, -0.25) is 0 Å². The van der Waals surface area contributed by atoms with Crippen molar-refractivity contribution in [1.29, 1.82) is 0 Å². The van der Waals surface area contributed by atoms with Crippen molar-refractivity contribution >= 4 is 28.9 Å². The molecule has 1 N–H and O–H groups in total. The van der Waals surface area contributed by atoms with Crippen molar-refractivity contribution in [2.24, 2.45) is 11.8 Å². The Kier molecular flexibility index (Phi) is 4.80. The molecule has 1 aliphatic carbocycles. The van der Waals surface area contributed by atoms with E-state index in [0.717, 1.165) is 17.5 Å². The van der Waals surface area contributed by atoms with Crippen LogP contribution in [0.1, 0.15) is 39.5 Å². The predicted molar refractivity (Wildman–Crippen MR) is 80.7 cm³/mol. The van der Waals surface area contributed by atoms with Gasteiger partial charge in [-0.15, -0.1) is 0 Å². The Balaban J connectivity index is 2.08. The van der Waals surface area contributed by atoms with E-state index in [2.05, 4.69) is 19.2 Å². The number of hydrogen-bond acceptors (Lipinski definition) is 1. The van der Waals surface area contributed by atoms with Gasteiger partial charge in [0.1, 0.15) is 0 Å². The lowest BCUT2D eigenvalue weighted by atomic mass is 9.78. The third-order valence-corrected chi connectivity index (χ3v) is 4.69. The molecule has 0 radical (unpaired) electrons. The van der Waals surface area contributed by atoms with Gasteiger partial charge in [-0.25, -0.2) is 0 Å². The number of rotatable bonds is 3. The largest absolute Gasteiger partial charge is 0.382 e. The Morgan fingerprint density at radius 3 is 2.50 bits per heavy atom. The van der Waals surface area contributed by atoms with Gasteiger partial charge in [0, 0.05) is 11.7 Å². The molecule has 1 nitrogen and oxygen atoms in total. The molecule has 2 unspecified atom stereocenters. The molecule has 1 aromatic rings. The average molecular weight is 286 g/mol. The van der Waals surface area contributed by atoms with Gasteiger partial charge in [-0.2, -0.15) is 0 Å². The molecule has 2 atom stereocenters. The number of anilines is 1. The van der Waals surface area contributed by atoms with Gasteiger partial charge in [0.05, 0.1) is 10.0 Å². The number of nitrogens with one attached hydrogen (secondary N) is 1. The molecular weight excluding hydrogens is 265 g/mol.